The Balaban J connectivity index is 0.000000211. The van der Waals surface area contributed by atoms with Gasteiger partial charge in [-0.2, -0.15) is 0 Å². The first-order valence-electron chi connectivity index (χ1n) is 6.80. The highest BCUT2D eigenvalue weighted by atomic mass is 16.5. The summed E-state index contributed by atoms with van der Waals surface area (Å²) in [5.74, 6) is 0. The minimum absolute atomic E-state index is 0.241. The van der Waals surface area contributed by atoms with E-state index in [9.17, 15) is 9.90 Å². The topological polar surface area (TPSA) is 107 Å². The van der Waals surface area contributed by atoms with Crippen molar-refractivity contribution < 1.29 is 14.6 Å². The summed E-state index contributed by atoms with van der Waals surface area (Å²) in [6, 6.07) is 9.31. The summed E-state index contributed by atoms with van der Waals surface area (Å²) >= 11 is 0. The van der Waals surface area contributed by atoms with E-state index in [1.165, 1.54) is 0 Å². The van der Waals surface area contributed by atoms with Gasteiger partial charge in [-0.3, -0.25) is 4.79 Å². The molecule has 0 bridgehead atoms. The van der Waals surface area contributed by atoms with Gasteiger partial charge >= 0.3 is 0 Å². The number of carbonyl (C=O) groups is 1. The van der Waals surface area contributed by atoms with E-state index in [4.69, 9.17) is 5.53 Å². The summed E-state index contributed by atoms with van der Waals surface area (Å²) < 4.78 is 4.54. The first kappa shape index (κ1) is 17.0. The highest BCUT2D eigenvalue weighted by Crippen LogP contribution is 2.09. The molecule has 2 atom stereocenters. The maximum absolute atomic E-state index is 9.76. The lowest BCUT2D eigenvalue weighted by Crippen LogP contribution is -2.31. The van der Waals surface area contributed by atoms with Crippen LogP contribution in [0.2, 0.25) is 0 Å². The molecule has 1 aliphatic rings. The lowest BCUT2D eigenvalue weighted by molar-refractivity contribution is -0.129. The van der Waals surface area contributed by atoms with Crippen molar-refractivity contribution in [2.75, 3.05) is 13.1 Å². The molecule has 114 valence electrons. The smallest absolute Gasteiger partial charge is 0.293 e. The Morgan fingerprint density at radius 3 is 2.90 bits per heavy atom. The molecule has 0 saturated carbocycles. The Bertz CT molecular complexity index is 449. The Kier molecular flexibility index (Phi) is 8.63. The summed E-state index contributed by atoms with van der Waals surface area (Å²) in [5.41, 5.74) is 9.16. The number of benzene rings is 1. The first-order chi connectivity index (χ1) is 10.3. The quantitative estimate of drug-likeness (QED) is 0.381. The molecule has 1 heterocycles. The molecule has 0 aliphatic carbocycles. The van der Waals surface area contributed by atoms with Crippen molar-refractivity contribution in [3.8, 4) is 0 Å². The molecule has 21 heavy (non-hydrogen) atoms. The molecule has 1 aliphatic heterocycles. The van der Waals surface area contributed by atoms with Gasteiger partial charge in [-0.05, 0) is 30.5 Å². The van der Waals surface area contributed by atoms with Crippen LogP contribution in [-0.4, -0.2) is 36.8 Å². The van der Waals surface area contributed by atoms with Crippen molar-refractivity contribution in [1.29, 1.82) is 0 Å². The number of azide groups is 1. The van der Waals surface area contributed by atoms with E-state index < -0.39 is 6.10 Å². The molecular formula is C14H20N4O3. The monoisotopic (exact) mass is 292 g/mol. The molecule has 2 unspecified atom stereocenters. The number of ether oxygens (including phenoxy) is 1. The van der Waals surface area contributed by atoms with E-state index in [-0.39, 0.29) is 6.04 Å². The fourth-order valence-electron chi connectivity index (χ4n) is 1.92. The first-order valence-corrected chi connectivity index (χ1v) is 6.80. The second-order valence-electron chi connectivity index (χ2n) is 4.58. The van der Waals surface area contributed by atoms with Crippen LogP contribution < -0.4 is 5.32 Å². The van der Waals surface area contributed by atoms with Crippen LogP contribution in [0.5, 0.6) is 0 Å². The summed E-state index contributed by atoms with van der Waals surface area (Å²) in [5, 5.41) is 15.9. The second-order valence-corrected chi connectivity index (χ2v) is 4.58. The van der Waals surface area contributed by atoms with Gasteiger partial charge in [-0.25, -0.2) is 0 Å². The Morgan fingerprint density at radius 2 is 2.24 bits per heavy atom. The van der Waals surface area contributed by atoms with E-state index in [0.29, 0.717) is 19.6 Å². The zero-order valence-corrected chi connectivity index (χ0v) is 11.8. The number of carbonyl (C=O) groups excluding carboxylic acids is 1. The molecule has 7 heteroatoms. The van der Waals surface area contributed by atoms with Crippen LogP contribution in [0.3, 0.4) is 0 Å². The van der Waals surface area contributed by atoms with Gasteiger partial charge in [-0.15, -0.1) is 0 Å². The number of aliphatic hydroxyl groups excluding tert-OH is 1. The number of β-amino-alcohol motifs (C(OH)–C–C–N with tert-alkyl or cyclic N) is 1. The number of rotatable bonds is 4. The van der Waals surface area contributed by atoms with Crippen molar-refractivity contribution in [2.24, 2.45) is 5.11 Å². The van der Waals surface area contributed by atoms with Crippen molar-refractivity contribution in [1.82, 2.24) is 5.32 Å². The molecule has 0 spiro atoms. The lowest BCUT2D eigenvalue weighted by Gasteiger charge is -2.13. The predicted molar refractivity (Wildman–Crippen MR) is 78.3 cm³/mol. The van der Waals surface area contributed by atoms with Crippen LogP contribution in [0.15, 0.2) is 35.4 Å². The molecule has 1 saturated heterocycles. The Labute approximate surface area is 123 Å². The number of aliphatic hydroxyl groups is 1. The van der Waals surface area contributed by atoms with Gasteiger partial charge in [0.2, 0.25) is 0 Å². The third kappa shape index (κ3) is 7.31. The van der Waals surface area contributed by atoms with Crippen molar-refractivity contribution >= 4 is 6.47 Å². The summed E-state index contributed by atoms with van der Waals surface area (Å²) in [6.07, 6.45) is 1.22. The van der Waals surface area contributed by atoms with E-state index in [2.05, 4.69) is 20.1 Å². The van der Waals surface area contributed by atoms with Gasteiger partial charge in [0.1, 0.15) is 6.61 Å². The molecule has 2 N–H and O–H groups in total. The highest BCUT2D eigenvalue weighted by molar-refractivity contribution is 5.37. The number of hydrogen-bond acceptors (Lipinski definition) is 5. The van der Waals surface area contributed by atoms with Gasteiger partial charge in [0, 0.05) is 11.5 Å². The zero-order chi connectivity index (χ0) is 15.3. The average Bonchev–Trinajstić information content (AvgIpc) is 2.72. The number of nitrogens with one attached hydrogen (secondary N) is 1. The number of nitrogens with zero attached hydrogens (tertiary/aromatic N) is 3. The van der Waals surface area contributed by atoms with Crippen LogP contribution in [0, 0.1) is 0 Å². The van der Waals surface area contributed by atoms with E-state index in [1.807, 2.05) is 30.3 Å². The van der Waals surface area contributed by atoms with Gasteiger partial charge < -0.3 is 15.2 Å². The van der Waals surface area contributed by atoms with Crippen molar-refractivity contribution in [3.63, 3.8) is 0 Å². The highest BCUT2D eigenvalue weighted by Gasteiger charge is 2.19. The standard InChI is InChI=1S/C8H8O2.C6H12N4O/c9-7-10-6-8-4-2-1-3-5-8;7-10-9-5-2-1-3-8-4-6(5)11/h1-5,7H,6H2;5-6,8,11H,1-4H2. The van der Waals surface area contributed by atoms with Gasteiger partial charge in [0.05, 0.1) is 12.1 Å². The van der Waals surface area contributed by atoms with Crippen LogP contribution in [0.1, 0.15) is 18.4 Å². The van der Waals surface area contributed by atoms with Gasteiger partial charge in [0.25, 0.3) is 6.47 Å². The van der Waals surface area contributed by atoms with E-state index >= 15 is 0 Å². The molecule has 0 amide bonds. The number of hydrogen-bond donors (Lipinski definition) is 2. The molecule has 0 radical (unpaired) electrons. The molecule has 2 rings (SSSR count). The zero-order valence-electron chi connectivity index (χ0n) is 11.8. The average molecular weight is 292 g/mol. The summed E-state index contributed by atoms with van der Waals surface area (Å²) in [4.78, 5) is 12.4. The minimum Gasteiger partial charge on any atom is -0.463 e. The molecule has 1 aromatic rings. The fraction of sp³-hybridized carbons (Fsp3) is 0.500. The summed E-state index contributed by atoms with van der Waals surface area (Å²) in [7, 11) is 0. The largest absolute Gasteiger partial charge is 0.463 e. The Hall–Kier alpha value is -2.08. The van der Waals surface area contributed by atoms with Crippen LogP contribution in [0.25, 0.3) is 10.4 Å². The lowest BCUT2D eigenvalue weighted by atomic mass is 10.1. The summed E-state index contributed by atoms with van der Waals surface area (Å²) in [6.45, 7) is 2.25. The van der Waals surface area contributed by atoms with Gasteiger partial charge in [0.15, 0.2) is 0 Å². The van der Waals surface area contributed by atoms with Crippen molar-refractivity contribution in [3.05, 3.63) is 46.3 Å². The van der Waals surface area contributed by atoms with Crippen LogP contribution in [-0.2, 0) is 16.1 Å². The maximum atomic E-state index is 9.76. The van der Waals surface area contributed by atoms with E-state index in [0.717, 1.165) is 24.9 Å². The molecule has 0 aromatic heterocycles. The molecule has 1 fully saturated rings. The van der Waals surface area contributed by atoms with Crippen molar-refractivity contribution in [2.45, 2.75) is 31.6 Å². The van der Waals surface area contributed by atoms with Crippen LogP contribution >= 0.6 is 0 Å². The predicted octanol–water partition coefficient (Wildman–Crippen LogP) is 1.77. The normalized spacial score (nSPS) is 21.0. The second kappa shape index (κ2) is 10.7. The minimum atomic E-state index is -0.520. The van der Waals surface area contributed by atoms with E-state index in [1.54, 1.807) is 0 Å². The van der Waals surface area contributed by atoms with Gasteiger partial charge in [-0.1, -0.05) is 35.4 Å². The maximum Gasteiger partial charge on any atom is 0.293 e. The molecule has 1 aromatic carbocycles. The molecule has 7 nitrogen and oxygen atoms in total. The Morgan fingerprint density at radius 1 is 1.48 bits per heavy atom. The SMILES string of the molecule is O=COCc1ccccc1.[N-]=[N+]=NC1CCCNCC1O. The fourth-order valence-corrected chi connectivity index (χ4v) is 1.92. The third-order valence-electron chi connectivity index (χ3n) is 3.01. The van der Waals surface area contributed by atoms with Crippen LogP contribution in [0.4, 0.5) is 0 Å². The third-order valence-corrected chi connectivity index (χ3v) is 3.01. The molecular weight excluding hydrogens is 272 g/mol.